The summed E-state index contributed by atoms with van der Waals surface area (Å²) in [6.07, 6.45) is 5.34. The minimum atomic E-state index is 0.907. The van der Waals surface area contributed by atoms with Gasteiger partial charge in [-0.25, -0.2) is 0 Å². The molecule has 0 aliphatic carbocycles. The van der Waals surface area contributed by atoms with E-state index in [0.29, 0.717) is 0 Å². The number of hydrogen-bond acceptors (Lipinski definition) is 3. The third-order valence-electron chi connectivity index (χ3n) is 3.74. The smallest absolute Gasteiger partial charge is 0.117 e. The lowest BCUT2D eigenvalue weighted by atomic mass is 10.2. The molecular weight excluding hydrogens is 262 g/mol. The first-order chi connectivity index (χ1) is 10.2. The lowest BCUT2D eigenvalue weighted by molar-refractivity contribution is 0.232. The standard InChI is InChI=1S/C17H27N3O/c1-4-5-9-19(14-17-8-6-12-21-17)10-7-11-20-16(3)13-15(2)18-20/h6,8,12-13H,4-5,7,9-11,14H2,1-3H3. The molecule has 0 saturated heterocycles. The van der Waals surface area contributed by atoms with Crippen molar-refractivity contribution in [2.45, 2.75) is 53.1 Å². The van der Waals surface area contributed by atoms with Crippen LogP contribution in [0.5, 0.6) is 0 Å². The van der Waals surface area contributed by atoms with Gasteiger partial charge in [-0.05, 0) is 51.4 Å². The van der Waals surface area contributed by atoms with E-state index in [-0.39, 0.29) is 0 Å². The topological polar surface area (TPSA) is 34.2 Å². The summed E-state index contributed by atoms with van der Waals surface area (Å²) in [6, 6.07) is 6.15. The number of unbranched alkanes of at least 4 members (excludes halogenated alkanes) is 1. The van der Waals surface area contributed by atoms with E-state index in [4.69, 9.17) is 4.42 Å². The average Bonchev–Trinajstić information content (AvgIpc) is 3.06. The lowest BCUT2D eigenvalue weighted by Gasteiger charge is -2.21. The molecule has 0 spiro atoms. The number of aromatic nitrogens is 2. The van der Waals surface area contributed by atoms with Gasteiger partial charge in [0.05, 0.1) is 18.5 Å². The molecule has 0 saturated carbocycles. The second kappa shape index (κ2) is 8.03. The number of aryl methyl sites for hydroxylation is 3. The summed E-state index contributed by atoms with van der Waals surface area (Å²) in [7, 11) is 0. The first kappa shape index (κ1) is 15.8. The van der Waals surface area contributed by atoms with Crippen LogP contribution < -0.4 is 0 Å². The van der Waals surface area contributed by atoms with Gasteiger partial charge in [-0.2, -0.15) is 5.10 Å². The van der Waals surface area contributed by atoms with Gasteiger partial charge >= 0.3 is 0 Å². The van der Waals surface area contributed by atoms with Crippen molar-refractivity contribution in [3.8, 4) is 0 Å². The van der Waals surface area contributed by atoms with Crippen molar-refractivity contribution in [2.75, 3.05) is 13.1 Å². The summed E-state index contributed by atoms with van der Waals surface area (Å²) in [6.45, 7) is 10.5. The quantitative estimate of drug-likeness (QED) is 0.704. The van der Waals surface area contributed by atoms with Crippen molar-refractivity contribution in [1.29, 1.82) is 0 Å². The molecule has 0 amide bonds. The van der Waals surface area contributed by atoms with Crippen LogP contribution in [0.4, 0.5) is 0 Å². The zero-order valence-corrected chi connectivity index (χ0v) is 13.5. The molecule has 2 aromatic rings. The summed E-state index contributed by atoms with van der Waals surface area (Å²) in [5, 5.41) is 4.52. The fourth-order valence-corrected chi connectivity index (χ4v) is 2.62. The Balaban J connectivity index is 1.82. The Morgan fingerprint density at radius 1 is 1.24 bits per heavy atom. The van der Waals surface area contributed by atoms with Gasteiger partial charge in [0.25, 0.3) is 0 Å². The Labute approximate surface area is 127 Å². The second-order valence-corrected chi connectivity index (χ2v) is 5.71. The van der Waals surface area contributed by atoms with Crippen LogP contribution in [0.25, 0.3) is 0 Å². The summed E-state index contributed by atoms with van der Waals surface area (Å²) >= 11 is 0. The molecule has 0 aliphatic rings. The minimum absolute atomic E-state index is 0.907. The van der Waals surface area contributed by atoms with E-state index in [1.165, 1.54) is 18.5 Å². The summed E-state index contributed by atoms with van der Waals surface area (Å²) in [5.41, 5.74) is 2.35. The third kappa shape index (κ3) is 5.05. The largest absolute Gasteiger partial charge is 0.468 e. The molecule has 0 unspecified atom stereocenters. The predicted octanol–water partition coefficient (Wildman–Crippen LogP) is 3.79. The highest BCUT2D eigenvalue weighted by molar-refractivity contribution is 5.06. The fourth-order valence-electron chi connectivity index (χ4n) is 2.62. The van der Waals surface area contributed by atoms with Crippen LogP contribution in [-0.2, 0) is 13.1 Å². The third-order valence-corrected chi connectivity index (χ3v) is 3.74. The molecule has 116 valence electrons. The van der Waals surface area contributed by atoms with E-state index in [1.54, 1.807) is 6.26 Å². The molecule has 0 radical (unpaired) electrons. The van der Waals surface area contributed by atoms with Gasteiger partial charge in [0.2, 0.25) is 0 Å². The van der Waals surface area contributed by atoms with Crippen LogP contribution in [0.2, 0.25) is 0 Å². The Morgan fingerprint density at radius 2 is 2.05 bits per heavy atom. The fraction of sp³-hybridized carbons (Fsp3) is 0.588. The predicted molar refractivity (Wildman–Crippen MR) is 85.2 cm³/mol. The van der Waals surface area contributed by atoms with E-state index >= 15 is 0 Å². The first-order valence-corrected chi connectivity index (χ1v) is 7.95. The molecule has 4 nitrogen and oxygen atoms in total. The highest BCUT2D eigenvalue weighted by atomic mass is 16.3. The monoisotopic (exact) mass is 289 g/mol. The molecule has 21 heavy (non-hydrogen) atoms. The zero-order valence-electron chi connectivity index (χ0n) is 13.5. The van der Waals surface area contributed by atoms with Gasteiger partial charge in [0, 0.05) is 18.8 Å². The maximum atomic E-state index is 5.47. The van der Waals surface area contributed by atoms with Crippen LogP contribution >= 0.6 is 0 Å². The van der Waals surface area contributed by atoms with Gasteiger partial charge in [-0.3, -0.25) is 9.58 Å². The van der Waals surface area contributed by atoms with Crippen LogP contribution in [-0.4, -0.2) is 27.8 Å². The number of nitrogens with zero attached hydrogens (tertiary/aromatic N) is 3. The highest BCUT2D eigenvalue weighted by Gasteiger charge is 2.08. The SMILES string of the molecule is CCCCN(CCCn1nc(C)cc1C)Cc1ccco1. The van der Waals surface area contributed by atoms with Crippen LogP contribution in [0.15, 0.2) is 28.9 Å². The number of hydrogen-bond donors (Lipinski definition) is 0. The minimum Gasteiger partial charge on any atom is -0.468 e. The highest BCUT2D eigenvalue weighted by Crippen LogP contribution is 2.09. The number of rotatable bonds is 9. The molecule has 0 fully saturated rings. The van der Waals surface area contributed by atoms with Crippen molar-refractivity contribution < 1.29 is 4.42 Å². The Hall–Kier alpha value is -1.55. The van der Waals surface area contributed by atoms with Crippen molar-refractivity contribution in [3.63, 3.8) is 0 Å². The Morgan fingerprint density at radius 3 is 2.67 bits per heavy atom. The average molecular weight is 289 g/mol. The van der Waals surface area contributed by atoms with Crippen LogP contribution in [0.1, 0.15) is 43.3 Å². The van der Waals surface area contributed by atoms with Crippen molar-refractivity contribution in [2.24, 2.45) is 0 Å². The van der Waals surface area contributed by atoms with E-state index in [0.717, 1.165) is 44.1 Å². The van der Waals surface area contributed by atoms with Gasteiger partial charge < -0.3 is 4.42 Å². The lowest BCUT2D eigenvalue weighted by Crippen LogP contribution is -2.26. The molecule has 0 aliphatic heterocycles. The van der Waals surface area contributed by atoms with E-state index in [2.05, 4.69) is 40.7 Å². The van der Waals surface area contributed by atoms with Crippen LogP contribution in [0.3, 0.4) is 0 Å². The summed E-state index contributed by atoms with van der Waals surface area (Å²) in [5.74, 6) is 1.05. The second-order valence-electron chi connectivity index (χ2n) is 5.71. The van der Waals surface area contributed by atoms with Gasteiger partial charge in [-0.1, -0.05) is 13.3 Å². The zero-order chi connectivity index (χ0) is 15.1. The van der Waals surface area contributed by atoms with E-state index in [9.17, 15) is 0 Å². The number of furan rings is 1. The maximum Gasteiger partial charge on any atom is 0.117 e. The molecule has 2 rings (SSSR count). The van der Waals surface area contributed by atoms with Gasteiger partial charge in [0.1, 0.15) is 5.76 Å². The first-order valence-electron chi connectivity index (χ1n) is 7.95. The van der Waals surface area contributed by atoms with Gasteiger partial charge in [-0.15, -0.1) is 0 Å². The molecule has 0 atom stereocenters. The van der Waals surface area contributed by atoms with Crippen molar-refractivity contribution in [1.82, 2.24) is 14.7 Å². The van der Waals surface area contributed by atoms with Crippen molar-refractivity contribution >= 4 is 0 Å². The van der Waals surface area contributed by atoms with Crippen LogP contribution in [0, 0.1) is 13.8 Å². The molecule has 2 aromatic heterocycles. The molecule has 2 heterocycles. The van der Waals surface area contributed by atoms with E-state index in [1.807, 2.05) is 13.0 Å². The molecule has 0 bridgehead atoms. The maximum absolute atomic E-state index is 5.47. The normalized spacial score (nSPS) is 11.4. The van der Waals surface area contributed by atoms with Crippen molar-refractivity contribution in [3.05, 3.63) is 41.6 Å². The Bertz CT molecular complexity index is 516. The molecule has 0 aromatic carbocycles. The summed E-state index contributed by atoms with van der Waals surface area (Å²) in [4.78, 5) is 2.48. The molecular formula is C17H27N3O. The Kier molecular flexibility index (Phi) is 6.05. The van der Waals surface area contributed by atoms with E-state index < -0.39 is 0 Å². The van der Waals surface area contributed by atoms with Gasteiger partial charge in [0.15, 0.2) is 0 Å². The summed E-state index contributed by atoms with van der Waals surface area (Å²) < 4.78 is 7.58. The molecule has 0 N–H and O–H groups in total. The molecule has 4 heteroatoms.